The number of benzene rings is 3. The van der Waals surface area contributed by atoms with E-state index < -0.39 is 23.8 Å². The van der Waals surface area contributed by atoms with E-state index in [4.69, 9.17) is 18.2 Å². The highest BCUT2D eigenvalue weighted by atomic mass is 35.5. The van der Waals surface area contributed by atoms with Crippen molar-refractivity contribution in [1.29, 1.82) is 0 Å². The first kappa shape index (κ1) is 36.9. The Morgan fingerprint density at radius 1 is 0.891 bits per heavy atom. The first-order valence-corrected chi connectivity index (χ1v) is 19.6. The minimum absolute atomic E-state index is 0.0390. The molecule has 3 aromatic rings. The van der Waals surface area contributed by atoms with Crippen molar-refractivity contribution in [3.8, 4) is 0 Å². The van der Waals surface area contributed by atoms with Crippen molar-refractivity contribution in [3.05, 3.63) is 104 Å². The number of hydrogen-bond acceptors (Lipinski definition) is 8. The fourth-order valence-corrected chi connectivity index (χ4v) is 9.22. The SMILES string of the molecule is [C-]#[N+]c1ccc(N(C)C2CCC(NC(=O)c3ccc(CN4CCC(N5Cc6cc7c(cc6C5)C(=O)N(C5CCC(=O)NC5=O)C7=O)CC4)cc3)CC2)cc1Cl. The molecular formula is C42H44ClN7O5. The summed E-state index contributed by atoms with van der Waals surface area (Å²) in [5, 5.41) is 5.96. The van der Waals surface area contributed by atoms with Crippen molar-refractivity contribution in [2.75, 3.05) is 25.0 Å². The Bertz CT molecular complexity index is 2050. The van der Waals surface area contributed by atoms with Crippen LogP contribution in [-0.4, -0.2) is 88.5 Å². The van der Waals surface area contributed by atoms with Gasteiger partial charge in [-0.05, 0) is 111 Å². The highest BCUT2D eigenvalue weighted by Gasteiger charge is 2.45. The Morgan fingerprint density at radius 2 is 1.55 bits per heavy atom. The molecule has 4 heterocycles. The minimum Gasteiger partial charge on any atom is -0.372 e. The van der Waals surface area contributed by atoms with Gasteiger partial charge in [0.25, 0.3) is 17.7 Å². The van der Waals surface area contributed by atoms with E-state index in [-0.39, 0.29) is 30.7 Å². The second-order valence-electron chi connectivity index (χ2n) is 15.6. The van der Waals surface area contributed by atoms with Gasteiger partial charge in [0.05, 0.1) is 17.7 Å². The molecule has 13 heteroatoms. The van der Waals surface area contributed by atoms with Gasteiger partial charge < -0.3 is 10.2 Å². The van der Waals surface area contributed by atoms with E-state index in [9.17, 15) is 24.0 Å². The van der Waals surface area contributed by atoms with Crippen LogP contribution < -0.4 is 15.5 Å². The number of fused-ring (bicyclic) bond motifs is 2. The third kappa shape index (κ3) is 7.36. The summed E-state index contributed by atoms with van der Waals surface area (Å²) in [7, 11) is 2.06. The van der Waals surface area contributed by atoms with E-state index in [1.165, 1.54) is 5.56 Å². The maximum absolute atomic E-state index is 13.3. The fraction of sp³-hybridized carbons (Fsp3) is 0.429. The molecule has 5 amide bonds. The molecule has 0 spiro atoms. The Balaban J connectivity index is 0.784. The topological polar surface area (TPSA) is 127 Å². The van der Waals surface area contributed by atoms with Gasteiger partial charge >= 0.3 is 0 Å². The quantitative estimate of drug-likeness (QED) is 0.230. The predicted octanol–water partition coefficient (Wildman–Crippen LogP) is 5.45. The summed E-state index contributed by atoms with van der Waals surface area (Å²) < 4.78 is 0. The number of rotatable bonds is 8. The van der Waals surface area contributed by atoms with Crippen molar-refractivity contribution in [2.24, 2.45) is 0 Å². The van der Waals surface area contributed by atoms with Gasteiger partial charge in [0, 0.05) is 67.5 Å². The number of amides is 5. The van der Waals surface area contributed by atoms with Crippen LogP contribution in [0.4, 0.5) is 11.4 Å². The highest BCUT2D eigenvalue weighted by Crippen LogP contribution is 2.36. The van der Waals surface area contributed by atoms with Gasteiger partial charge in [-0.15, -0.1) is 0 Å². The Morgan fingerprint density at radius 3 is 2.15 bits per heavy atom. The monoisotopic (exact) mass is 761 g/mol. The lowest BCUT2D eigenvalue weighted by Crippen LogP contribution is -2.54. The second kappa shape index (κ2) is 15.2. The lowest BCUT2D eigenvalue weighted by molar-refractivity contribution is -0.136. The highest BCUT2D eigenvalue weighted by molar-refractivity contribution is 6.33. The summed E-state index contributed by atoms with van der Waals surface area (Å²) in [5.41, 5.74) is 6.07. The minimum atomic E-state index is -0.960. The van der Waals surface area contributed by atoms with Crippen LogP contribution in [0.2, 0.25) is 5.02 Å². The molecule has 0 aromatic heterocycles. The van der Waals surface area contributed by atoms with Gasteiger partial charge in [-0.25, -0.2) is 4.85 Å². The summed E-state index contributed by atoms with van der Waals surface area (Å²) in [5.74, 6) is -1.95. The molecule has 5 aliphatic rings. The fourth-order valence-electron chi connectivity index (χ4n) is 9.01. The van der Waals surface area contributed by atoms with Crippen LogP contribution in [0.25, 0.3) is 4.85 Å². The van der Waals surface area contributed by atoms with Gasteiger partial charge in [0.15, 0.2) is 0 Å². The number of nitrogens with zero attached hydrogens (tertiary/aromatic N) is 5. The van der Waals surface area contributed by atoms with E-state index in [0.29, 0.717) is 52.6 Å². The summed E-state index contributed by atoms with van der Waals surface area (Å²) in [6.07, 6.45) is 5.99. The number of carbonyl (C=O) groups is 5. The molecule has 2 N–H and O–H groups in total. The molecule has 3 fully saturated rings. The maximum atomic E-state index is 13.3. The van der Waals surface area contributed by atoms with E-state index in [2.05, 4.69) is 49.4 Å². The van der Waals surface area contributed by atoms with Crippen molar-refractivity contribution in [1.82, 2.24) is 25.3 Å². The molecule has 0 radical (unpaired) electrons. The normalized spacial score (nSPS) is 23.3. The second-order valence-corrected chi connectivity index (χ2v) is 16.0. The van der Waals surface area contributed by atoms with Gasteiger partial charge in [-0.2, -0.15) is 0 Å². The molecule has 3 aromatic carbocycles. The van der Waals surface area contributed by atoms with Crippen molar-refractivity contribution >= 4 is 52.5 Å². The number of anilines is 1. The summed E-state index contributed by atoms with van der Waals surface area (Å²) in [4.78, 5) is 75.4. The molecule has 1 atom stereocenters. The molecule has 1 saturated carbocycles. The van der Waals surface area contributed by atoms with Gasteiger partial charge in [0.2, 0.25) is 17.5 Å². The number of halogens is 1. The van der Waals surface area contributed by atoms with Crippen LogP contribution in [0, 0.1) is 6.57 Å². The zero-order chi connectivity index (χ0) is 38.4. The third-order valence-corrected chi connectivity index (χ3v) is 12.5. The average Bonchev–Trinajstić information content (AvgIpc) is 3.71. The van der Waals surface area contributed by atoms with Gasteiger partial charge in [-0.1, -0.05) is 29.8 Å². The first-order valence-electron chi connectivity index (χ1n) is 19.2. The predicted molar refractivity (Wildman–Crippen MR) is 207 cm³/mol. The molecule has 12 nitrogen and oxygen atoms in total. The zero-order valence-electron chi connectivity index (χ0n) is 30.9. The van der Waals surface area contributed by atoms with E-state index >= 15 is 0 Å². The summed E-state index contributed by atoms with van der Waals surface area (Å²) in [6, 6.07) is 17.1. The Labute approximate surface area is 325 Å². The molecule has 8 rings (SSSR count). The summed E-state index contributed by atoms with van der Waals surface area (Å²) in [6.45, 7) is 11.4. The van der Waals surface area contributed by atoms with Crippen LogP contribution in [0.3, 0.4) is 0 Å². The molecule has 2 saturated heterocycles. The molecule has 4 aliphatic heterocycles. The number of hydrogen-bond donors (Lipinski definition) is 2. The number of imide groups is 2. The van der Waals surface area contributed by atoms with Crippen molar-refractivity contribution in [3.63, 3.8) is 0 Å². The van der Waals surface area contributed by atoms with E-state index in [1.807, 2.05) is 36.4 Å². The third-order valence-electron chi connectivity index (χ3n) is 12.2. The smallest absolute Gasteiger partial charge is 0.262 e. The van der Waals surface area contributed by atoms with Gasteiger partial charge in [-0.3, -0.25) is 44.0 Å². The van der Waals surface area contributed by atoms with Crippen LogP contribution in [-0.2, 0) is 29.2 Å². The Hall–Kier alpha value is -5.09. The summed E-state index contributed by atoms with van der Waals surface area (Å²) >= 11 is 6.27. The molecule has 1 aliphatic carbocycles. The van der Waals surface area contributed by atoms with E-state index in [1.54, 1.807) is 6.07 Å². The molecule has 0 bridgehead atoms. The standard InChI is InChI=1S/C42H44ClN7O5/c1-44-36-12-11-32(21-35(36)43)47(2)30-9-7-29(8-10-30)45-39(52)26-5-3-25(4-6-26)22-48-17-15-31(16-18-48)49-23-27-19-33-34(20-28(27)24-49)42(55)50(41(33)54)37-13-14-38(51)46-40(37)53/h3-6,11-12,19-21,29-31,37H,7-10,13-18,22-24H2,2H3,(H,45,52)(H,46,51,53). The molecular weight excluding hydrogens is 718 g/mol. The average molecular weight is 762 g/mol. The maximum Gasteiger partial charge on any atom is 0.262 e. The van der Waals surface area contributed by atoms with Crippen LogP contribution in [0.5, 0.6) is 0 Å². The number of nitrogens with one attached hydrogen (secondary N) is 2. The number of carbonyl (C=O) groups excluding carboxylic acids is 5. The van der Waals surface area contributed by atoms with Crippen molar-refractivity contribution < 1.29 is 24.0 Å². The lowest BCUT2D eigenvalue weighted by atomic mass is 9.90. The number of likely N-dealkylation sites (tertiary alicyclic amines) is 1. The lowest BCUT2D eigenvalue weighted by Gasteiger charge is -2.36. The molecule has 55 heavy (non-hydrogen) atoms. The zero-order valence-corrected chi connectivity index (χ0v) is 31.6. The van der Waals surface area contributed by atoms with Crippen molar-refractivity contribution in [2.45, 2.75) is 95.2 Å². The van der Waals surface area contributed by atoms with Crippen LogP contribution in [0.1, 0.15) is 99.1 Å². The van der Waals surface area contributed by atoms with Crippen LogP contribution >= 0.6 is 11.6 Å². The van der Waals surface area contributed by atoms with E-state index in [0.717, 1.165) is 79.9 Å². The van der Waals surface area contributed by atoms with Gasteiger partial charge in [0.1, 0.15) is 6.04 Å². The molecule has 284 valence electrons. The largest absolute Gasteiger partial charge is 0.372 e. The number of piperidine rings is 2. The van der Waals surface area contributed by atoms with Crippen LogP contribution in [0.15, 0.2) is 54.6 Å². The Kier molecular flexibility index (Phi) is 10.2. The first-order chi connectivity index (χ1) is 26.6. The molecule has 1 unspecified atom stereocenters.